The fourth-order valence-electron chi connectivity index (χ4n) is 13.4. The molecule has 15 rings (SSSR count). The Labute approximate surface area is 752 Å². The third-order valence-corrected chi connectivity index (χ3v) is 20.8. The normalized spacial score (nSPS) is 10.7. The summed E-state index contributed by atoms with van der Waals surface area (Å²) < 4.78 is 112. The van der Waals surface area contributed by atoms with Crippen molar-refractivity contribution in [2.24, 2.45) is 0 Å². The van der Waals surface area contributed by atoms with E-state index < -0.39 is 40.8 Å². The minimum atomic E-state index is -3.07. The van der Waals surface area contributed by atoms with Crippen LogP contribution in [-0.4, -0.2) is 109 Å². The molecule has 0 saturated carbocycles. The lowest BCUT2D eigenvalue weighted by molar-refractivity contribution is 0.0173. The number of ketones is 5. The van der Waals surface area contributed by atoms with Gasteiger partial charge in [-0.3, -0.25) is 38.9 Å². The molecule has 0 aliphatic heterocycles. The van der Waals surface area contributed by atoms with Gasteiger partial charge in [-0.2, -0.15) is 0 Å². The minimum absolute atomic E-state index is 0.0605. The standard InChI is InChI=1S/C21H19ClN2O.C21H19FN2O.C20H17F3N4O.2C20H17F2N3O/c2*1-15-5-3-7-17(9-15)21(25)11-16-6-4-8-19(10-16)24(2)20-12-18(22)13-23-14-20;1-20(22,23)14-5-6-26-17(9-14)19(28)8-13-3-4-16(21)18(7-13)27(2)15-10-24-12-25-11-15;2*1-13-4-3-5-14(6-13)20(26)8-15-7-19(18(22)9-17(15)21)25(2)16-10-23-12-24-11-16/h2*3-10,12-14H,11H2,1-2H3;3-7,9-12H,8H2,1-2H3;2*3-7,9-12H,8H2,1-2H3. The number of carbonyl (C=O) groups excluding carboxylic acids is 5. The number of aryl methyl sites for hydroxylation is 4. The van der Waals surface area contributed by atoms with E-state index in [0.717, 1.165) is 81.1 Å². The Morgan fingerprint density at radius 1 is 0.315 bits per heavy atom. The molecule has 28 heteroatoms. The van der Waals surface area contributed by atoms with Gasteiger partial charge in [0.05, 0.1) is 106 Å². The predicted octanol–water partition coefficient (Wildman–Crippen LogP) is 22.8. The number of aromatic nitrogens is 9. The number of pyridine rings is 3. The average Bonchev–Trinajstić information content (AvgIpc) is 0.806. The highest BCUT2D eigenvalue weighted by molar-refractivity contribution is 6.30. The lowest BCUT2D eigenvalue weighted by Gasteiger charge is -2.20. The van der Waals surface area contributed by atoms with Crippen LogP contribution in [0, 0.1) is 62.6 Å². The van der Waals surface area contributed by atoms with Crippen LogP contribution in [-0.2, 0) is 38.0 Å². The topological polar surface area (TPSA) is 218 Å². The van der Waals surface area contributed by atoms with E-state index in [4.69, 9.17) is 11.6 Å². The van der Waals surface area contributed by atoms with Crippen LogP contribution in [0.2, 0.25) is 5.02 Å². The molecule has 6 aromatic heterocycles. The molecule has 0 N–H and O–H groups in total. The number of benzene rings is 9. The van der Waals surface area contributed by atoms with Crippen LogP contribution < -0.4 is 24.5 Å². The van der Waals surface area contributed by atoms with Gasteiger partial charge in [0.2, 0.25) is 0 Å². The van der Waals surface area contributed by atoms with Gasteiger partial charge in [-0.1, -0.05) is 137 Å². The van der Waals surface area contributed by atoms with Gasteiger partial charge < -0.3 is 24.5 Å². The second-order valence-corrected chi connectivity index (χ2v) is 31.0. The minimum Gasteiger partial charge on any atom is -0.343 e. The van der Waals surface area contributed by atoms with E-state index in [9.17, 15) is 59.1 Å². The van der Waals surface area contributed by atoms with Crippen molar-refractivity contribution in [1.82, 2.24) is 44.9 Å². The van der Waals surface area contributed by atoms with Crippen molar-refractivity contribution >= 4 is 97.4 Å². The number of Topliss-reactive ketones (excluding diaryl/α,β-unsaturated/α-hetero) is 5. The summed E-state index contributed by atoms with van der Waals surface area (Å²) in [7, 11) is 8.70. The summed E-state index contributed by atoms with van der Waals surface area (Å²) >= 11 is 6.02. The summed E-state index contributed by atoms with van der Waals surface area (Å²) in [6.45, 7) is 8.48. The first-order valence-electron chi connectivity index (χ1n) is 40.6. The summed E-state index contributed by atoms with van der Waals surface area (Å²) in [5.74, 6) is -7.55. The predicted molar refractivity (Wildman–Crippen MR) is 491 cm³/mol. The maximum Gasteiger partial charge on any atom is 0.270 e. The molecule has 0 atom stereocenters. The maximum absolute atomic E-state index is 14.3. The third-order valence-electron chi connectivity index (χ3n) is 20.6. The molecule has 0 amide bonds. The van der Waals surface area contributed by atoms with E-state index in [1.807, 2.05) is 167 Å². The van der Waals surface area contributed by atoms with Gasteiger partial charge in [-0.15, -0.1) is 0 Å². The van der Waals surface area contributed by atoms with E-state index in [-0.39, 0.29) is 87.7 Å². The van der Waals surface area contributed by atoms with E-state index in [0.29, 0.717) is 62.9 Å². The van der Waals surface area contributed by atoms with E-state index in [1.165, 1.54) is 121 Å². The molecule has 0 fully saturated rings. The average molecular weight is 1780 g/mol. The van der Waals surface area contributed by atoms with Crippen molar-refractivity contribution in [3.8, 4) is 0 Å². The van der Waals surface area contributed by atoms with Gasteiger partial charge in [-0.05, 0) is 147 Å². The van der Waals surface area contributed by atoms with Crippen molar-refractivity contribution < 1.29 is 59.1 Å². The Bertz CT molecular complexity index is 6200. The Hall–Kier alpha value is -15.3. The molecular weight excluding hydrogens is 1690 g/mol. The van der Waals surface area contributed by atoms with E-state index in [2.05, 4.69) is 44.9 Å². The molecule has 0 aliphatic carbocycles. The first-order chi connectivity index (χ1) is 62.2. The van der Waals surface area contributed by atoms with Crippen LogP contribution in [0.15, 0.2) is 299 Å². The highest BCUT2D eigenvalue weighted by Gasteiger charge is 2.27. The first-order valence-corrected chi connectivity index (χ1v) is 40.9. The molecular formula is C102H89ClF8N14O5. The SMILES string of the molecule is CN(c1cncnc1)c1cc(CC(=O)c2cc(C(C)(F)F)ccn2)ccc1F.Cc1cccc(C(=O)Cc2cc(N(C)c3cncnc3)c(F)cc2F)c1.Cc1cccc(C(=O)Cc2cc(N(C)c3cncnc3)c(F)cc2F)c1.Cc1cccc(C(=O)Cc2cccc(N(C)c3cncc(Cl)c3)c2)c1.Cc1cccc(C(=O)Cc2cccc(N(C)c3cncc(F)c3)c2)c1. The highest BCUT2D eigenvalue weighted by atomic mass is 35.5. The molecule has 19 nitrogen and oxygen atoms in total. The Morgan fingerprint density at radius 2 is 0.669 bits per heavy atom. The molecule has 660 valence electrons. The lowest BCUT2D eigenvalue weighted by Crippen LogP contribution is -2.14. The lowest BCUT2D eigenvalue weighted by atomic mass is 10.0. The molecule has 0 aliphatic rings. The van der Waals surface area contributed by atoms with E-state index in [1.54, 1.807) is 81.0 Å². The van der Waals surface area contributed by atoms with Gasteiger partial charge in [0.15, 0.2) is 28.9 Å². The van der Waals surface area contributed by atoms with Crippen molar-refractivity contribution in [3.05, 3.63) is 423 Å². The molecule has 0 spiro atoms. The maximum atomic E-state index is 14.3. The second kappa shape index (κ2) is 44.8. The Morgan fingerprint density at radius 3 is 1.05 bits per heavy atom. The quantitative estimate of drug-likeness (QED) is 0.0363. The van der Waals surface area contributed by atoms with Crippen LogP contribution in [0.3, 0.4) is 0 Å². The van der Waals surface area contributed by atoms with Crippen LogP contribution in [0.25, 0.3) is 0 Å². The molecule has 0 radical (unpaired) electrons. The summed E-state index contributed by atoms with van der Waals surface area (Å²) in [6.07, 6.45) is 20.9. The summed E-state index contributed by atoms with van der Waals surface area (Å²) in [4.78, 5) is 106. The van der Waals surface area contributed by atoms with Crippen LogP contribution in [0.1, 0.15) is 114 Å². The third kappa shape index (κ3) is 26.7. The number of alkyl halides is 2. The van der Waals surface area contributed by atoms with E-state index >= 15 is 0 Å². The largest absolute Gasteiger partial charge is 0.343 e. The number of nitrogens with zero attached hydrogens (tertiary/aromatic N) is 14. The molecule has 0 bridgehead atoms. The molecule has 15 aromatic rings. The second-order valence-electron chi connectivity index (χ2n) is 30.5. The fraction of sp³-hybridized carbons (Fsp3) is 0.157. The van der Waals surface area contributed by atoms with Crippen LogP contribution >= 0.6 is 11.6 Å². The molecule has 0 saturated heterocycles. The summed E-state index contributed by atoms with van der Waals surface area (Å²) in [5, 5.41) is 0.593. The number of hydrogen-bond acceptors (Lipinski definition) is 19. The first kappa shape index (κ1) is 95.4. The number of halogens is 9. The van der Waals surface area contributed by atoms with Gasteiger partial charge in [-0.25, -0.2) is 65.0 Å². The Balaban J connectivity index is 0.000000157. The van der Waals surface area contributed by atoms with Crippen LogP contribution in [0.4, 0.5) is 92.0 Å². The number of anilines is 10. The van der Waals surface area contributed by atoms with Gasteiger partial charge in [0.25, 0.3) is 5.92 Å². The zero-order valence-corrected chi connectivity index (χ0v) is 73.3. The molecule has 6 heterocycles. The number of hydrogen-bond donors (Lipinski definition) is 0. The number of rotatable bonds is 26. The Kier molecular flexibility index (Phi) is 32.8. The smallest absolute Gasteiger partial charge is 0.270 e. The van der Waals surface area contributed by atoms with Gasteiger partial charge >= 0.3 is 0 Å². The van der Waals surface area contributed by atoms with Gasteiger partial charge in [0, 0.05) is 144 Å². The van der Waals surface area contributed by atoms with Crippen molar-refractivity contribution in [1.29, 1.82) is 0 Å². The zero-order valence-electron chi connectivity index (χ0n) is 72.5. The molecule has 0 unspecified atom stereocenters. The van der Waals surface area contributed by atoms with Crippen molar-refractivity contribution in [2.45, 2.75) is 72.6 Å². The monoisotopic (exact) mass is 1780 g/mol. The molecule has 130 heavy (non-hydrogen) atoms. The zero-order chi connectivity index (χ0) is 93.3. The number of carbonyl (C=O) groups is 5. The van der Waals surface area contributed by atoms with Gasteiger partial charge in [0.1, 0.15) is 59.6 Å². The summed E-state index contributed by atoms with van der Waals surface area (Å²) in [5.41, 5.74) is 14.5. The fourth-order valence-corrected chi connectivity index (χ4v) is 13.6. The van der Waals surface area contributed by atoms with Crippen LogP contribution in [0.5, 0.6) is 0 Å². The summed E-state index contributed by atoms with van der Waals surface area (Å²) in [6, 6.07) is 59.2. The highest BCUT2D eigenvalue weighted by Crippen LogP contribution is 2.35. The van der Waals surface area contributed by atoms with Crippen molar-refractivity contribution in [2.75, 3.05) is 59.7 Å². The molecule has 9 aromatic carbocycles. The van der Waals surface area contributed by atoms with Crippen molar-refractivity contribution in [3.63, 3.8) is 0 Å².